The van der Waals surface area contributed by atoms with Crippen LogP contribution in [0.3, 0.4) is 0 Å². The number of aliphatic carboxylic acids is 2. The molecule has 14 heteroatoms. The molecule has 0 aromatic heterocycles. The van der Waals surface area contributed by atoms with E-state index in [1.165, 1.54) is 0 Å². The van der Waals surface area contributed by atoms with Crippen LogP contribution < -0.4 is 33.2 Å². The van der Waals surface area contributed by atoms with Gasteiger partial charge in [0, 0.05) is 13.0 Å². The van der Waals surface area contributed by atoms with Crippen molar-refractivity contribution in [3.05, 3.63) is 35.9 Å². The van der Waals surface area contributed by atoms with E-state index in [0.29, 0.717) is 12.0 Å². The van der Waals surface area contributed by atoms with Gasteiger partial charge in [-0.15, -0.1) is 0 Å². The molecule has 0 saturated heterocycles. The van der Waals surface area contributed by atoms with E-state index in [1.807, 2.05) is 6.92 Å². The Bertz CT molecular complexity index is 1020. The summed E-state index contributed by atoms with van der Waals surface area (Å²) < 4.78 is 0. The first-order valence-corrected chi connectivity index (χ1v) is 12.6. The fraction of sp³-hybridized carbons (Fsp3) is 0.520. The number of amides is 3. The molecule has 3 amide bonds. The van der Waals surface area contributed by atoms with Crippen molar-refractivity contribution in [2.75, 3.05) is 6.54 Å². The second kappa shape index (κ2) is 16.6. The molecule has 5 atom stereocenters. The molecule has 0 bridgehead atoms. The quantitative estimate of drug-likeness (QED) is 0.0645. The highest BCUT2D eigenvalue weighted by Gasteiger charge is 2.32. The van der Waals surface area contributed by atoms with E-state index in [1.54, 1.807) is 37.3 Å². The lowest BCUT2D eigenvalue weighted by atomic mass is 9.99. The smallest absolute Gasteiger partial charge is 0.326 e. The zero-order valence-corrected chi connectivity index (χ0v) is 22.1. The first-order chi connectivity index (χ1) is 18.3. The average Bonchev–Trinajstić information content (AvgIpc) is 2.88. The van der Waals surface area contributed by atoms with Gasteiger partial charge in [-0.1, -0.05) is 50.6 Å². The molecule has 14 nitrogen and oxygen atoms in total. The molecule has 0 aliphatic heterocycles. The van der Waals surface area contributed by atoms with Crippen molar-refractivity contribution < 1.29 is 34.2 Å². The normalized spacial score (nSPS) is 14.5. The number of guanidine groups is 1. The van der Waals surface area contributed by atoms with Gasteiger partial charge in [0.1, 0.15) is 18.1 Å². The van der Waals surface area contributed by atoms with Gasteiger partial charge in [-0.25, -0.2) is 4.79 Å². The highest BCUT2D eigenvalue weighted by Crippen LogP contribution is 2.08. The molecule has 0 spiro atoms. The van der Waals surface area contributed by atoms with Crippen LogP contribution in [0.25, 0.3) is 0 Å². The van der Waals surface area contributed by atoms with Crippen LogP contribution in [0.5, 0.6) is 0 Å². The van der Waals surface area contributed by atoms with Crippen LogP contribution in [0.15, 0.2) is 35.3 Å². The lowest BCUT2D eigenvalue weighted by molar-refractivity contribution is -0.143. The molecule has 0 aliphatic carbocycles. The monoisotopic (exact) mass is 549 g/mol. The summed E-state index contributed by atoms with van der Waals surface area (Å²) in [7, 11) is 0. The largest absolute Gasteiger partial charge is 0.481 e. The maximum Gasteiger partial charge on any atom is 0.326 e. The van der Waals surface area contributed by atoms with E-state index in [0.717, 1.165) is 0 Å². The van der Waals surface area contributed by atoms with Crippen LogP contribution in [0.1, 0.15) is 45.1 Å². The molecule has 0 radical (unpaired) electrons. The second-order valence-corrected chi connectivity index (χ2v) is 9.17. The van der Waals surface area contributed by atoms with Crippen molar-refractivity contribution in [2.24, 2.45) is 28.1 Å². The van der Waals surface area contributed by atoms with Gasteiger partial charge in [-0.05, 0) is 24.3 Å². The van der Waals surface area contributed by atoms with Crippen molar-refractivity contribution in [3.63, 3.8) is 0 Å². The number of nitrogens with two attached hydrogens (primary N) is 3. The molecule has 39 heavy (non-hydrogen) atoms. The third kappa shape index (κ3) is 12.3. The van der Waals surface area contributed by atoms with Crippen LogP contribution in [0.2, 0.25) is 0 Å². The van der Waals surface area contributed by atoms with Crippen LogP contribution in [-0.4, -0.2) is 76.5 Å². The van der Waals surface area contributed by atoms with Crippen molar-refractivity contribution in [1.29, 1.82) is 0 Å². The zero-order valence-electron chi connectivity index (χ0n) is 22.1. The van der Waals surface area contributed by atoms with Crippen LogP contribution in [0, 0.1) is 5.92 Å². The molecule has 1 rings (SSSR count). The Morgan fingerprint density at radius 3 is 2.00 bits per heavy atom. The summed E-state index contributed by atoms with van der Waals surface area (Å²) in [5.74, 6) is -5.52. The Balaban J connectivity index is 3.09. The third-order valence-electron chi connectivity index (χ3n) is 6.05. The molecule has 0 aliphatic rings. The first kappa shape index (κ1) is 32.8. The van der Waals surface area contributed by atoms with Gasteiger partial charge in [-0.3, -0.25) is 24.2 Å². The number of carbonyl (C=O) groups is 5. The molecular formula is C25H39N7O7. The maximum atomic E-state index is 13.1. The zero-order chi connectivity index (χ0) is 29.5. The van der Waals surface area contributed by atoms with E-state index in [9.17, 15) is 34.2 Å². The van der Waals surface area contributed by atoms with Gasteiger partial charge < -0.3 is 43.4 Å². The Kier molecular flexibility index (Phi) is 14.0. The summed E-state index contributed by atoms with van der Waals surface area (Å²) in [4.78, 5) is 65.8. The number of carboxylic acid groups (broad SMARTS) is 2. The van der Waals surface area contributed by atoms with Gasteiger partial charge >= 0.3 is 11.9 Å². The van der Waals surface area contributed by atoms with Crippen LogP contribution in [-0.2, 0) is 30.4 Å². The summed E-state index contributed by atoms with van der Waals surface area (Å²) in [6.07, 6.45) is 0.0184. The number of carbonyl (C=O) groups excluding carboxylic acids is 3. The second-order valence-electron chi connectivity index (χ2n) is 9.17. The molecule has 0 fully saturated rings. The number of nitrogens with one attached hydrogen (secondary N) is 3. The molecule has 1 aromatic rings. The molecule has 216 valence electrons. The van der Waals surface area contributed by atoms with Crippen molar-refractivity contribution >= 4 is 35.6 Å². The molecule has 5 unspecified atom stereocenters. The fourth-order valence-corrected chi connectivity index (χ4v) is 3.53. The number of hydrogen-bond acceptors (Lipinski definition) is 7. The lowest BCUT2D eigenvalue weighted by Crippen LogP contribution is -2.58. The molecular weight excluding hydrogens is 510 g/mol. The van der Waals surface area contributed by atoms with Gasteiger partial charge in [0.15, 0.2) is 5.96 Å². The highest BCUT2D eigenvalue weighted by molar-refractivity contribution is 5.95. The summed E-state index contributed by atoms with van der Waals surface area (Å²) in [6.45, 7) is 3.68. The number of carboxylic acids is 2. The van der Waals surface area contributed by atoms with Crippen LogP contribution >= 0.6 is 0 Å². The summed E-state index contributed by atoms with van der Waals surface area (Å²) in [5.41, 5.74) is 17.2. The van der Waals surface area contributed by atoms with Crippen molar-refractivity contribution in [3.8, 4) is 0 Å². The Labute approximate surface area is 226 Å². The highest BCUT2D eigenvalue weighted by atomic mass is 16.4. The summed E-state index contributed by atoms with van der Waals surface area (Å²) in [5, 5.41) is 26.1. The number of nitrogens with zero attached hydrogens (tertiary/aromatic N) is 1. The minimum Gasteiger partial charge on any atom is -0.481 e. The topological polar surface area (TPSA) is 252 Å². The van der Waals surface area contributed by atoms with Gasteiger partial charge in [0.25, 0.3) is 0 Å². The summed E-state index contributed by atoms with van der Waals surface area (Å²) >= 11 is 0. The number of rotatable bonds is 17. The van der Waals surface area contributed by atoms with Gasteiger partial charge in [-0.2, -0.15) is 0 Å². The maximum absolute atomic E-state index is 13.1. The minimum absolute atomic E-state index is 0.00779. The summed E-state index contributed by atoms with van der Waals surface area (Å²) in [6, 6.07) is 3.55. The Hall–Kier alpha value is -4.20. The molecule has 1 aromatic carbocycles. The van der Waals surface area contributed by atoms with Gasteiger partial charge in [0.05, 0.1) is 12.5 Å². The standard InChI is InChI=1S/C25H39N7O7/c1-3-14(2)20(26)23(37)31-17(13-19(33)34)22(36)30-16(10-7-11-29-25(27)28)21(35)32-18(24(38)39)12-15-8-5-4-6-9-15/h4-6,8-9,14,16-18,20H,3,7,10-13,26H2,1-2H3,(H,30,36)(H,31,37)(H,32,35)(H,33,34)(H,38,39)(H4,27,28,29). The van der Waals surface area contributed by atoms with E-state index < -0.39 is 60.2 Å². The Morgan fingerprint density at radius 1 is 0.897 bits per heavy atom. The number of hydrogen-bond donors (Lipinski definition) is 8. The SMILES string of the molecule is CCC(C)C(N)C(=O)NC(CC(=O)O)C(=O)NC(CCCN=C(N)N)C(=O)NC(Cc1ccccc1)C(=O)O. The molecule has 0 heterocycles. The third-order valence-corrected chi connectivity index (χ3v) is 6.05. The number of benzene rings is 1. The number of aliphatic imine (C=N–C) groups is 1. The predicted molar refractivity (Wildman–Crippen MR) is 143 cm³/mol. The predicted octanol–water partition coefficient (Wildman–Crippen LogP) is -1.33. The van der Waals surface area contributed by atoms with Crippen molar-refractivity contribution in [1.82, 2.24) is 16.0 Å². The first-order valence-electron chi connectivity index (χ1n) is 12.6. The molecule has 11 N–H and O–H groups in total. The minimum atomic E-state index is -1.53. The average molecular weight is 550 g/mol. The lowest BCUT2D eigenvalue weighted by Gasteiger charge is -2.25. The Morgan fingerprint density at radius 2 is 1.46 bits per heavy atom. The van der Waals surface area contributed by atoms with E-state index in [-0.39, 0.29) is 37.7 Å². The van der Waals surface area contributed by atoms with Crippen molar-refractivity contribution in [2.45, 2.75) is 70.1 Å². The van der Waals surface area contributed by atoms with Crippen LogP contribution in [0.4, 0.5) is 0 Å². The van der Waals surface area contributed by atoms with Gasteiger partial charge in [0.2, 0.25) is 17.7 Å². The molecule has 0 saturated carbocycles. The fourth-order valence-electron chi connectivity index (χ4n) is 3.53. The van der Waals surface area contributed by atoms with E-state index in [4.69, 9.17) is 17.2 Å². The van der Waals surface area contributed by atoms with E-state index in [2.05, 4.69) is 20.9 Å². The van der Waals surface area contributed by atoms with E-state index >= 15 is 0 Å².